The van der Waals surface area contributed by atoms with Gasteiger partial charge in [0.1, 0.15) is 5.00 Å². The molecule has 2 N–H and O–H groups in total. The van der Waals surface area contributed by atoms with E-state index in [2.05, 4.69) is 0 Å². The second-order valence-corrected chi connectivity index (χ2v) is 4.47. The van der Waals surface area contributed by atoms with Gasteiger partial charge in [0.25, 0.3) is 0 Å². The lowest BCUT2D eigenvalue weighted by molar-refractivity contribution is 0.0992. The number of nitrogens with two attached hydrogens (primary N) is 1. The minimum absolute atomic E-state index is 0.0663. The minimum atomic E-state index is 0.0663. The van der Waals surface area contributed by atoms with Crippen molar-refractivity contribution in [3.8, 4) is 5.75 Å². The summed E-state index contributed by atoms with van der Waals surface area (Å²) in [5, 5.41) is 0.916. The van der Waals surface area contributed by atoms with E-state index in [0.717, 1.165) is 11.5 Å². The fourth-order valence-corrected chi connectivity index (χ4v) is 2.60. The number of hydrogen-bond acceptors (Lipinski definition) is 5. The molecule has 0 aliphatic carbocycles. The lowest BCUT2D eigenvalue weighted by Crippen LogP contribution is -2.15. The van der Waals surface area contributed by atoms with Crippen LogP contribution in [0.5, 0.6) is 5.75 Å². The van der Waals surface area contributed by atoms with Gasteiger partial charge in [0.2, 0.25) is 0 Å². The quantitative estimate of drug-likeness (QED) is 0.805. The van der Waals surface area contributed by atoms with Crippen molar-refractivity contribution in [3.05, 3.63) is 4.88 Å². The number of hydrogen-bond donors (Lipinski definition) is 1. The standard InChI is InChI=1S/C11H18N2O2S/c1-5-7(14)10-8(12)9(15-4)11(16-10)13(3)6-2/h5-6,12H2,1-4H3. The third kappa shape index (κ3) is 2.14. The highest BCUT2D eigenvalue weighted by molar-refractivity contribution is 7.19. The Hall–Kier alpha value is -1.23. The van der Waals surface area contributed by atoms with Gasteiger partial charge in [-0.15, -0.1) is 11.3 Å². The van der Waals surface area contributed by atoms with Gasteiger partial charge < -0.3 is 15.4 Å². The van der Waals surface area contributed by atoms with Crippen molar-refractivity contribution in [1.82, 2.24) is 0 Å². The Morgan fingerprint density at radius 3 is 2.56 bits per heavy atom. The Morgan fingerprint density at radius 1 is 1.50 bits per heavy atom. The average Bonchev–Trinajstić information content (AvgIpc) is 2.64. The van der Waals surface area contributed by atoms with E-state index in [-0.39, 0.29) is 5.78 Å². The van der Waals surface area contributed by atoms with Gasteiger partial charge in [0.05, 0.1) is 17.7 Å². The summed E-state index contributed by atoms with van der Waals surface area (Å²) in [6.07, 6.45) is 0.461. The minimum Gasteiger partial charge on any atom is -0.492 e. The SMILES string of the molecule is CCC(=O)c1sc(N(C)CC)c(OC)c1N. The highest BCUT2D eigenvalue weighted by atomic mass is 32.1. The largest absolute Gasteiger partial charge is 0.492 e. The molecule has 0 amide bonds. The second kappa shape index (κ2) is 5.21. The van der Waals surface area contributed by atoms with Gasteiger partial charge in [-0.1, -0.05) is 6.92 Å². The summed E-state index contributed by atoms with van der Waals surface area (Å²) in [5.74, 6) is 0.683. The predicted molar refractivity (Wildman–Crippen MR) is 68.8 cm³/mol. The van der Waals surface area contributed by atoms with Crippen LogP contribution in [-0.2, 0) is 0 Å². The molecule has 0 saturated heterocycles. The number of ether oxygens (including phenoxy) is 1. The maximum absolute atomic E-state index is 11.7. The van der Waals surface area contributed by atoms with Crippen LogP contribution < -0.4 is 15.4 Å². The lowest BCUT2D eigenvalue weighted by atomic mass is 10.2. The molecule has 5 heteroatoms. The first kappa shape index (κ1) is 12.8. The summed E-state index contributed by atoms with van der Waals surface area (Å²) in [5.41, 5.74) is 6.39. The lowest BCUT2D eigenvalue weighted by Gasteiger charge is -2.15. The summed E-state index contributed by atoms with van der Waals surface area (Å²) in [6, 6.07) is 0. The molecule has 4 nitrogen and oxygen atoms in total. The summed E-state index contributed by atoms with van der Waals surface area (Å²) < 4.78 is 5.27. The maximum Gasteiger partial charge on any atom is 0.177 e. The number of rotatable bonds is 5. The number of carbonyl (C=O) groups is 1. The van der Waals surface area contributed by atoms with Gasteiger partial charge in [-0.05, 0) is 6.92 Å². The molecule has 0 unspecified atom stereocenters. The van der Waals surface area contributed by atoms with Crippen molar-refractivity contribution in [2.45, 2.75) is 20.3 Å². The van der Waals surface area contributed by atoms with Crippen molar-refractivity contribution >= 4 is 27.8 Å². The molecule has 0 saturated carbocycles. The molecule has 1 aromatic heterocycles. The Morgan fingerprint density at radius 2 is 2.12 bits per heavy atom. The molecule has 0 aliphatic rings. The zero-order valence-electron chi connectivity index (χ0n) is 10.2. The number of methoxy groups -OCH3 is 1. The molecule has 0 atom stereocenters. The molecule has 0 aromatic carbocycles. The fourth-order valence-electron chi connectivity index (χ4n) is 1.38. The molecule has 0 spiro atoms. The van der Waals surface area contributed by atoms with Crippen LogP contribution in [0, 0.1) is 0 Å². The van der Waals surface area contributed by atoms with Crippen LogP contribution in [0.15, 0.2) is 0 Å². The maximum atomic E-state index is 11.7. The fraction of sp³-hybridized carbons (Fsp3) is 0.545. The molecule has 0 radical (unpaired) electrons. The van der Waals surface area contributed by atoms with E-state index in [0.29, 0.717) is 22.7 Å². The molecule has 1 rings (SSSR count). The molecule has 0 aliphatic heterocycles. The molecule has 1 heterocycles. The van der Waals surface area contributed by atoms with Crippen LogP contribution >= 0.6 is 11.3 Å². The van der Waals surface area contributed by atoms with Crippen LogP contribution in [0.4, 0.5) is 10.7 Å². The van der Waals surface area contributed by atoms with E-state index < -0.39 is 0 Å². The van der Waals surface area contributed by atoms with Crippen molar-refractivity contribution in [2.75, 3.05) is 31.3 Å². The molecule has 90 valence electrons. The summed E-state index contributed by atoms with van der Waals surface area (Å²) in [7, 11) is 3.53. The summed E-state index contributed by atoms with van der Waals surface area (Å²) >= 11 is 1.40. The molecule has 16 heavy (non-hydrogen) atoms. The van der Waals surface area contributed by atoms with E-state index >= 15 is 0 Å². The zero-order valence-corrected chi connectivity index (χ0v) is 11.0. The Bertz CT molecular complexity index is 388. The molecule has 1 aromatic rings. The summed E-state index contributed by atoms with van der Waals surface area (Å²) in [6.45, 7) is 4.71. The normalized spacial score (nSPS) is 10.2. The third-order valence-electron chi connectivity index (χ3n) is 2.48. The third-order valence-corrected chi connectivity index (χ3v) is 3.82. The van der Waals surface area contributed by atoms with Gasteiger partial charge in [-0.25, -0.2) is 0 Å². The summed E-state index contributed by atoms with van der Waals surface area (Å²) in [4.78, 5) is 14.3. The Kier molecular flexibility index (Phi) is 4.18. The van der Waals surface area contributed by atoms with Gasteiger partial charge in [-0.3, -0.25) is 4.79 Å². The Balaban J connectivity index is 3.25. The van der Waals surface area contributed by atoms with Crippen LogP contribution in [0.3, 0.4) is 0 Å². The van der Waals surface area contributed by atoms with Crippen LogP contribution in [0.1, 0.15) is 29.9 Å². The van der Waals surface area contributed by atoms with E-state index in [9.17, 15) is 4.79 Å². The molecule has 0 fully saturated rings. The highest BCUT2D eigenvalue weighted by Crippen LogP contribution is 2.44. The van der Waals surface area contributed by atoms with E-state index in [1.54, 1.807) is 7.11 Å². The van der Waals surface area contributed by atoms with Gasteiger partial charge in [0, 0.05) is 20.0 Å². The predicted octanol–water partition coefficient (Wildman–Crippen LogP) is 2.39. The van der Waals surface area contributed by atoms with Gasteiger partial charge in [-0.2, -0.15) is 0 Å². The number of ketones is 1. The Labute approximate surface area is 100 Å². The van der Waals surface area contributed by atoms with Gasteiger partial charge in [0.15, 0.2) is 11.5 Å². The van der Waals surface area contributed by atoms with Gasteiger partial charge >= 0.3 is 0 Å². The van der Waals surface area contributed by atoms with E-state index in [4.69, 9.17) is 10.5 Å². The van der Waals surface area contributed by atoms with Crippen LogP contribution in [-0.4, -0.2) is 26.5 Å². The molecule has 0 bridgehead atoms. The monoisotopic (exact) mass is 242 g/mol. The first-order chi connectivity index (χ1) is 7.56. The molecular weight excluding hydrogens is 224 g/mol. The van der Waals surface area contributed by atoms with Crippen LogP contribution in [0.2, 0.25) is 0 Å². The number of nitrogens with zero attached hydrogens (tertiary/aromatic N) is 1. The second-order valence-electron chi connectivity index (χ2n) is 3.47. The number of anilines is 2. The zero-order chi connectivity index (χ0) is 12.3. The first-order valence-electron chi connectivity index (χ1n) is 5.27. The van der Waals surface area contributed by atoms with Crippen molar-refractivity contribution in [1.29, 1.82) is 0 Å². The molecular formula is C11H18N2O2S. The average molecular weight is 242 g/mol. The topological polar surface area (TPSA) is 55.6 Å². The number of nitrogen functional groups attached to an aromatic ring is 1. The first-order valence-corrected chi connectivity index (χ1v) is 6.08. The number of Topliss-reactive ketones (excluding diaryl/α,β-unsaturated/α-hetero) is 1. The smallest absolute Gasteiger partial charge is 0.177 e. The van der Waals surface area contributed by atoms with E-state index in [1.165, 1.54) is 11.3 Å². The van der Waals surface area contributed by atoms with Crippen molar-refractivity contribution in [2.24, 2.45) is 0 Å². The van der Waals surface area contributed by atoms with Crippen molar-refractivity contribution < 1.29 is 9.53 Å². The number of carbonyl (C=O) groups excluding carboxylic acids is 1. The van der Waals surface area contributed by atoms with E-state index in [1.807, 2.05) is 25.8 Å². The van der Waals surface area contributed by atoms with Crippen molar-refractivity contribution in [3.63, 3.8) is 0 Å². The highest BCUT2D eigenvalue weighted by Gasteiger charge is 2.22. The van der Waals surface area contributed by atoms with Crippen LogP contribution in [0.25, 0.3) is 0 Å². The number of thiophene rings is 1.